The van der Waals surface area contributed by atoms with Crippen molar-refractivity contribution in [2.75, 3.05) is 6.54 Å². The van der Waals surface area contributed by atoms with Crippen molar-refractivity contribution in [3.8, 4) is 11.7 Å². The Kier molecular flexibility index (Phi) is 4.64. The van der Waals surface area contributed by atoms with Crippen LogP contribution in [0.3, 0.4) is 0 Å². The number of nitrogens with zero attached hydrogens (tertiary/aromatic N) is 2. The lowest BCUT2D eigenvalue weighted by Crippen LogP contribution is -2.33. The van der Waals surface area contributed by atoms with Gasteiger partial charge in [-0.25, -0.2) is 9.37 Å². The molecule has 0 spiro atoms. The van der Waals surface area contributed by atoms with Crippen LogP contribution in [0.5, 0.6) is 0 Å². The maximum atomic E-state index is 13.7. The van der Waals surface area contributed by atoms with Crippen LogP contribution >= 0.6 is 0 Å². The number of likely N-dealkylation sites (tertiary alicyclic amines) is 1. The van der Waals surface area contributed by atoms with E-state index in [1.54, 1.807) is 12.1 Å². The molecule has 0 saturated carbocycles. The average molecular weight is 354 g/mol. The minimum Gasteiger partial charge on any atom is -0.456 e. The van der Waals surface area contributed by atoms with Gasteiger partial charge in [-0.2, -0.15) is 0 Å². The molecule has 5 heteroatoms. The Balaban J connectivity index is 1.58. The van der Waals surface area contributed by atoms with Crippen LogP contribution in [0, 0.1) is 19.7 Å². The van der Waals surface area contributed by atoms with Gasteiger partial charge in [-0.3, -0.25) is 4.90 Å². The molecule has 1 atom stereocenters. The van der Waals surface area contributed by atoms with Gasteiger partial charge in [0.2, 0.25) is 0 Å². The van der Waals surface area contributed by atoms with Crippen LogP contribution in [0.1, 0.15) is 48.1 Å². The van der Waals surface area contributed by atoms with Gasteiger partial charge in [-0.05, 0) is 63.1 Å². The molecule has 1 aliphatic heterocycles. The fraction of sp³-hybridized carbons (Fsp3) is 0.381. The maximum Gasteiger partial charge on any atom is 0.263 e. The second kappa shape index (κ2) is 7.08. The topological polar surface area (TPSA) is 42.4 Å². The monoisotopic (exact) mass is 354 g/mol. The Labute approximate surface area is 152 Å². The van der Waals surface area contributed by atoms with E-state index in [1.165, 1.54) is 6.07 Å². The number of piperidine rings is 1. The summed E-state index contributed by atoms with van der Waals surface area (Å²) in [5.74, 6) is 2.63. The lowest BCUT2D eigenvalue weighted by atomic mass is 9.95. The second-order valence-electron chi connectivity index (χ2n) is 6.97. The molecule has 0 aliphatic carbocycles. The Morgan fingerprint density at radius 2 is 2.04 bits per heavy atom. The summed E-state index contributed by atoms with van der Waals surface area (Å²) in [6.07, 6.45) is 3.34. The van der Waals surface area contributed by atoms with Crippen molar-refractivity contribution in [2.24, 2.45) is 0 Å². The molecule has 1 fully saturated rings. The molecule has 136 valence electrons. The minimum atomic E-state index is -0.180. The molecule has 0 amide bonds. The molecule has 4 rings (SSSR count). The summed E-state index contributed by atoms with van der Waals surface area (Å²) in [7, 11) is 0. The van der Waals surface area contributed by atoms with E-state index < -0.39 is 0 Å². The zero-order valence-electron chi connectivity index (χ0n) is 15.2. The van der Waals surface area contributed by atoms with Crippen molar-refractivity contribution in [2.45, 2.75) is 45.7 Å². The van der Waals surface area contributed by atoms with E-state index in [0.29, 0.717) is 18.2 Å². The zero-order valence-corrected chi connectivity index (χ0v) is 15.2. The lowest BCUT2D eigenvalue weighted by Gasteiger charge is -2.35. The molecule has 2 aromatic heterocycles. The van der Waals surface area contributed by atoms with Crippen LogP contribution in [-0.2, 0) is 6.54 Å². The molecule has 4 nitrogen and oxygen atoms in total. The summed E-state index contributed by atoms with van der Waals surface area (Å²) in [6, 6.07) is 10.9. The number of oxazole rings is 1. The normalized spacial score (nSPS) is 18.3. The van der Waals surface area contributed by atoms with Gasteiger partial charge in [0.15, 0.2) is 5.76 Å². The van der Waals surface area contributed by atoms with Crippen molar-refractivity contribution in [3.05, 3.63) is 65.0 Å². The first kappa shape index (κ1) is 17.0. The van der Waals surface area contributed by atoms with Gasteiger partial charge < -0.3 is 8.83 Å². The number of hydrogen-bond donors (Lipinski definition) is 0. The Morgan fingerprint density at radius 1 is 1.15 bits per heavy atom. The van der Waals surface area contributed by atoms with E-state index in [-0.39, 0.29) is 11.9 Å². The first-order valence-corrected chi connectivity index (χ1v) is 9.13. The summed E-state index contributed by atoms with van der Waals surface area (Å²) in [5.41, 5.74) is 1.95. The molecule has 1 aromatic carbocycles. The standard InChI is InChI=1S/C21H23FN2O2/c1-14-9-10-20(25-14)21-23-18(15(2)26-21)13-24-11-4-3-8-19(24)16-6-5-7-17(22)12-16/h5-7,9-10,12,19H,3-4,8,11,13H2,1-2H3/t19-/m1/s1. The highest BCUT2D eigenvalue weighted by Crippen LogP contribution is 2.33. The van der Waals surface area contributed by atoms with Gasteiger partial charge >= 0.3 is 0 Å². The predicted octanol–water partition coefficient (Wildman–Crippen LogP) is 5.42. The van der Waals surface area contributed by atoms with Gasteiger partial charge in [-0.15, -0.1) is 0 Å². The van der Waals surface area contributed by atoms with Crippen LogP contribution in [0.15, 0.2) is 45.2 Å². The Hall–Kier alpha value is -2.40. The SMILES string of the molecule is Cc1ccc(-c2nc(CN3CCCC[C@@H]3c3cccc(F)c3)c(C)o2)o1. The predicted molar refractivity (Wildman–Crippen MR) is 97.1 cm³/mol. The molecule has 1 aliphatic rings. The fourth-order valence-electron chi connectivity index (χ4n) is 3.69. The number of aromatic nitrogens is 1. The molecule has 3 aromatic rings. The van der Waals surface area contributed by atoms with E-state index in [1.807, 2.05) is 32.0 Å². The number of furan rings is 1. The van der Waals surface area contributed by atoms with Crippen molar-refractivity contribution in [1.82, 2.24) is 9.88 Å². The van der Waals surface area contributed by atoms with E-state index >= 15 is 0 Å². The molecule has 3 heterocycles. The Morgan fingerprint density at radius 3 is 2.81 bits per heavy atom. The van der Waals surface area contributed by atoms with Crippen LogP contribution in [0.2, 0.25) is 0 Å². The summed E-state index contributed by atoms with van der Waals surface area (Å²) in [5, 5.41) is 0. The second-order valence-corrected chi connectivity index (χ2v) is 6.97. The van der Waals surface area contributed by atoms with Crippen LogP contribution in [0.25, 0.3) is 11.7 Å². The highest BCUT2D eigenvalue weighted by atomic mass is 19.1. The third-order valence-corrected chi connectivity index (χ3v) is 5.04. The smallest absolute Gasteiger partial charge is 0.263 e. The van der Waals surface area contributed by atoms with Crippen molar-refractivity contribution in [3.63, 3.8) is 0 Å². The van der Waals surface area contributed by atoms with E-state index in [2.05, 4.69) is 9.88 Å². The summed E-state index contributed by atoms with van der Waals surface area (Å²) in [6.45, 7) is 5.50. The van der Waals surface area contributed by atoms with Gasteiger partial charge in [0.1, 0.15) is 17.3 Å². The van der Waals surface area contributed by atoms with E-state index in [0.717, 1.165) is 48.6 Å². The highest BCUT2D eigenvalue weighted by Gasteiger charge is 2.26. The summed E-state index contributed by atoms with van der Waals surface area (Å²) < 4.78 is 25.1. The van der Waals surface area contributed by atoms with Crippen LogP contribution in [-0.4, -0.2) is 16.4 Å². The lowest BCUT2D eigenvalue weighted by molar-refractivity contribution is 0.138. The fourth-order valence-corrected chi connectivity index (χ4v) is 3.69. The summed E-state index contributed by atoms with van der Waals surface area (Å²) >= 11 is 0. The highest BCUT2D eigenvalue weighted by molar-refractivity contribution is 5.45. The molecule has 1 saturated heterocycles. The third-order valence-electron chi connectivity index (χ3n) is 5.04. The first-order chi connectivity index (χ1) is 12.6. The Bertz CT molecular complexity index is 899. The number of aryl methyl sites for hydroxylation is 2. The molecule has 26 heavy (non-hydrogen) atoms. The molecular weight excluding hydrogens is 331 g/mol. The van der Waals surface area contributed by atoms with Crippen LogP contribution < -0.4 is 0 Å². The van der Waals surface area contributed by atoms with E-state index in [4.69, 9.17) is 8.83 Å². The quantitative estimate of drug-likeness (QED) is 0.627. The summed E-state index contributed by atoms with van der Waals surface area (Å²) in [4.78, 5) is 7.03. The molecular formula is C21H23FN2O2. The number of rotatable bonds is 4. The molecule has 0 unspecified atom stereocenters. The number of hydrogen-bond acceptors (Lipinski definition) is 4. The third kappa shape index (κ3) is 3.44. The zero-order chi connectivity index (χ0) is 18.1. The van der Waals surface area contributed by atoms with Crippen LogP contribution in [0.4, 0.5) is 4.39 Å². The van der Waals surface area contributed by atoms with Crippen molar-refractivity contribution in [1.29, 1.82) is 0 Å². The molecule has 0 N–H and O–H groups in total. The average Bonchev–Trinajstić information content (AvgIpc) is 3.22. The minimum absolute atomic E-state index is 0.180. The molecule has 0 radical (unpaired) electrons. The molecule has 0 bridgehead atoms. The number of halogens is 1. The van der Waals surface area contributed by atoms with Gasteiger partial charge in [0.05, 0.1) is 5.69 Å². The van der Waals surface area contributed by atoms with Gasteiger partial charge in [0.25, 0.3) is 5.89 Å². The largest absolute Gasteiger partial charge is 0.456 e. The number of benzene rings is 1. The van der Waals surface area contributed by atoms with Crippen molar-refractivity contribution >= 4 is 0 Å². The first-order valence-electron chi connectivity index (χ1n) is 9.13. The van der Waals surface area contributed by atoms with Gasteiger partial charge in [-0.1, -0.05) is 18.6 Å². The maximum absolute atomic E-state index is 13.7. The van der Waals surface area contributed by atoms with Crippen molar-refractivity contribution < 1.29 is 13.2 Å². The van der Waals surface area contributed by atoms with Gasteiger partial charge in [0, 0.05) is 12.6 Å². The van der Waals surface area contributed by atoms with E-state index in [9.17, 15) is 4.39 Å².